The standard InChI is InChI=1S/C15H24N4O3/c1-10(2)19-14(21)12-9-17(7-8-18(12)15(19)22)13(20)11-3-5-16-6-4-11/h10-12,16H,3-9H2,1-2H3/t12-/m0/s1. The first-order valence-electron chi connectivity index (χ1n) is 8.14. The third-order valence-electron chi connectivity index (χ3n) is 4.87. The predicted molar refractivity (Wildman–Crippen MR) is 80.0 cm³/mol. The van der Waals surface area contributed by atoms with Crippen LogP contribution in [0.3, 0.4) is 0 Å². The number of rotatable bonds is 2. The van der Waals surface area contributed by atoms with Gasteiger partial charge in [-0.3, -0.25) is 14.5 Å². The van der Waals surface area contributed by atoms with Gasteiger partial charge in [-0.25, -0.2) is 4.79 Å². The van der Waals surface area contributed by atoms with Gasteiger partial charge in [-0.15, -0.1) is 0 Å². The first-order valence-corrected chi connectivity index (χ1v) is 8.14. The van der Waals surface area contributed by atoms with Crippen LogP contribution < -0.4 is 5.32 Å². The van der Waals surface area contributed by atoms with Crippen molar-refractivity contribution in [2.45, 2.75) is 38.8 Å². The van der Waals surface area contributed by atoms with E-state index < -0.39 is 6.04 Å². The number of piperazine rings is 1. The summed E-state index contributed by atoms with van der Waals surface area (Å²) >= 11 is 0. The molecule has 7 heteroatoms. The minimum atomic E-state index is -0.491. The number of imide groups is 1. The van der Waals surface area contributed by atoms with Gasteiger partial charge in [0.15, 0.2) is 0 Å². The van der Waals surface area contributed by atoms with Crippen LogP contribution in [0.2, 0.25) is 0 Å². The molecule has 0 aromatic heterocycles. The van der Waals surface area contributed by atoms with Gasteiger partial charge in [-0.1, -0.05) is 0 Å². The highest BCUT2D eigenvalue weighted by Gasteiger charge is 2.49. The summed E-state index contributed by atoms with van der Waals surface area (Å²) in [6.07, 6.45) is 1.71. The maximum absolute atomic E-state index is 12.6. The van der Waals surface area contributed by atoms with Crippen molar-refractivity contribution < 1.29 is 14.4 Å². The Kier molecular flexibility index (Phi) is 4.08. The van der Waals surface area contributed by atoms with E-state index in [4.69, 9.17) is 0 Å². The first kappa shape index (κ1) is 15.3. The topological polar surface area (TPSA) is 73.0 Å². The van der Waals surface area contributed by atoms with Crippen molar-refractivity contribution in [2.24, 2.45) is 5.92 Å². The Balaban J connectivity index is 1.69. The Morgan fingerprint density at radius 2 is 1.86 bits per heavy atom. The van der Waals surface area contributed by atoms with Gasteiger partial charge in [0.1, 0.15) is 6.04 Å². The molecule has 0 aromatic rings. The summed E-state index contributed by atoms with van der Waals surface area (Å²) in [6, 6.07) is -0.840. The van der Waals surface area contributed by atoms with Crippen LogP contribution in [0.5, 0.6) is 0 Å². The molecule has 22 heavy (non-hydrogen) atoms. The van der Waals surface area contributed by atoms with Crippen LogP contribution in [0.4, 0.5) is 4.79 Å². The highest BCUT2D eigenvalue weighted by atomic mass is 16.2. The molecule has 4 amide bonds. The van der Waals surface area contributed by atoms with Crippen molar-refractivity contribution >= 4 is 17.8 Å². The summed E-state index contributed by atoms with van der Waals surface area (Å²) in [5.41, 5.74) is 0. The molecular weight excluding hydrogens is 284 g/mol. The lowest BCUT2D eigenvalue weighted by atomic mass is 9.96. The Bertz CT molecular complexity index is 487. The number of amides is 4. The fourth-order valence-electron chi connectivity index (χ4n) is 3.62. The highest BCUT2D eigenvalue weighted by Crippen LogP contribution is 2.25. The molecule has 0 bridgehead atoms. The van der Waals surface area contributed by atoms with Gasteiger partial charge in [0, 0.05) is 25.0 Å². The highest BCUT2D eigenvalue weighted by molar-refractivity contribution is 6.05. The average Bonchev–Trinajstić information content (AvgIpc) is 2.78. The lowest BCUT2D eigenvalue weighted by molar-refractivity contribution is -0.140. The molecular formula is C15H24N4O3. The van der Waals surface area contributed by atoms with Gasteiger partial charge in [0.2, 0.25) is 5.91 Å². The largest absolute Gasteiger partial charge is 0.338 e. The fraction of sp³-hybridized carbons (Fsp3) is 0.800. The second kappa shape index (κ2) is 5.87. The third kappa shape index (κ3) is 2.47. The molecule has 1 N–H and O–H groups in total. The number of carbonyl (C=O) groups excluding carboxylic acids is 3. The van der Waals surface area contributed by atoms with Crippen LogP contribution in [-0.2, 0) is 9.59 Å². The van der Waals surface area contributed by atoms with Crippen LogP contribution in [-0.4, -0.2) is 77.4 Å². The molecule has 0 saturated carbocycles. The Morgan fingerprint density at radius 1 is 1.18 bits per heavy atom. The number of nitrogens with one attached hydrogen (secondary N) is 1. The molecule has 3 saturated heterocycles. The minimum Gasteiger partial charge on any atom is -0.338 e. The summed E-state index contributed by atoms with van der Waals surface area (Å²) in [6.45, 7) is 6.75. The van der Waals surface area contributed by atoms with E-state index in [0.29, 0.717) is 19.6 Å². The van der Waals surface area contributed by atoms with Crippen molar-refractivity contribution in [1.29, 1.82) is 0 Å². The van der Waals surface area contributed by atoms with Gasteiger partial charge in [0.25, 0.3) is 5.91 Å². The van der Waals surface area contributed by atoms with Crippen LogP contribution in [0.1, 0.15) is 26.7 Å². The monoisotopic (exact) mass is 308 g/mol. The molecule has 0 unspecified atom stereocenters. The SMILES string of the molecule is CC(C)N1C(=O)[C@@H]2CN(C(=O)C3CCNCC3)CCN2C1=O. The number of piperidine rings is 1. The van der Waals surface area contributed by atoms with Crippen LogP contribution in [0.15, 0.2) is 0 Å². The van der Waals surface area contributed by atoms with Gasteiger partial charge in [0.05, 0.1) is 6.54 Å². The zero-order valence-corrected chi connectivity index (χ0v) is 13.2. The molecule has 3 rings (SSSR count). The number of urea groups is 1. The van der Waals surface area contributed by atoms with Crippen LogP contribution >= 0.6 is 0 Å². The van der Waals surface area contributed by atoms with E-state index in [2.05, 4.69) is 5.32 Å². The van der Waals surface area contributed by atoms with Crippen LogP contribution in [0, 0.1) is 5.92 Å². The second-order valence-corrected chi connectivity index (χ2v) is 6.60. The molecule has 1 atom stereocenters. The van der Waals surface area contributed by atoms with Crippen LogP contribution in [0.25, 0.3) is 0 Å². The van der Waals surface area contributed by atoms with Crippen molar-refractivity contribution in [2.75, 3.05) is 32.7 Å². The van der Waals surface area contributed by atoms with Crippen molar-refractivity contribution in [1.82, 2.24) is 20.0 Å². The normalized spacial score (nSPS) is 26.9. The Morgan fingerprint density at radius 3 is 2.50 bits per heavy atom. The van der Waals surface area contributed by atoms with E-state index in [1.54, 1.807) is 9.80 Å². The molecule has 3 fully saturated rings. The van der Waals surface area contributed by atoms with Crippen molar-refractivity contribution in [3.8, 4) is 0 Å². The number of hydrogen-bond donors (Lipinski definition) is 1. The number of carbonyl (C=O) groups is 3. The summed E-state index contributed by atoms with van der Waals surface area (Å²) in [4.78, 5) is 42.1. The van der Waals surface area contributed by atoms with Gasteiger partial charge >= 0.3 is 6.03 Å². The number of fused-ring (bicyclic) bond motifs is 1. The zero-order chi connectivity index (χ0) is 15.9. The van der Waals surface area contributed by atoms with Crippen molar-refractivity contribution in [3.63, 3.8) is 0 Å². The third-order valence-corrected chi connectivity index (χ3v) is 4.87. The molecule has 0 aliphatic carbocycles. The number of hydrogen-bond acceptors (Lipinski definition) is 4. The van der Waals surface area contributed by atoms with E-state index in [9.17, 15) is 14.4 Å². The zero-order valence-electron chi connectivity index (χ0n) is 13.2. The quantitative estimate of drug-likeness (QED) is 0.721. The number of nitrogens with zero attached hydrogens (tertiary/aromatic N) is 3. The molecule has 0 radical (unpaired) electrons. The lowest BCUT2D eigenvalue weighted by Gasteiger charge is -2.37. The molecule has 0 spiro atoms. The van der Waals surface area contributed by atoms with E-state index in [1.165, 1.54) is 4.90 Å². The molecule has 7 nitrogen and oxygen atoms in total. The Labute approximate surface area is 130 Å². The van der Waals surface area contributed by atoms with Gasteiger partial charge in [-0.05, 0) is 39.8 Å². The summed E-state index contributed by atoms with van der Waals surface area (Å²) in [7, 11) is 0. The maximum Gasteiger partial charge on any atom is 0.327 e. The summed E-state index contributed by atoms with van der Waals surface area (Å²) < 4.78 is 0. The fourth-order valence-corrected chi connectivity index (χ4v) is 3.62. The Hall–Kier alpha value is -1.63. The molecule has 0 aromatic carbocycles. The second-order valence-electron chi connectivity index (χ2n) is 6.60. The van der Waals surface area contributed by atoms with Crippen molar-refractivity contribution in [3.05, 3.63) is 0 Å². The van der Waals surface area contributed by atoms with E-state index in [1.807, 2.05) is 13.8 Å². The molecule has 3 aliphatic heterocycles. The predicted octanol–water partition coefficient (Wildman–Crippen LogP) is -0.131. The minimum absolute atomic E-state index is 0.0567. The lowest BCUT2D eigenvalue weighted by Crippen LogP contribution is -2.56. The summed E-state index contributed by atoms with van der Waals surface area (Å²) in [5, 5.41) is 3.26. The molecule has 3 aliphatic rings. The van der Waals surface area contributed by atoms with E-state index in [0.717, 1.165) is 25.9 Å². The summed E-state index contributed by atoms with van der Waals surface area (Å²) in [5.74, 6) is 0.0356. The van der Waals surface area contributed by atoms with Gasteiger partial charge in [-0.2, -0.15) is 0 Å². The van der Waals surface area contributed by atoms with E-state index in [-0.39, 0.29) is 29.8 Å². The molecule has 122 valence electrons. The molecule has 3 heterocycles. The average molecular weight is 308 g/mol. The van der Waals surface area contributed by atoms with E-state index >= 15 is 0 Å². The smallest absolute Gasteiger partial charge is 0.327 e. The van der Waals surface area contributed by atoms with Gasteiger partial charge < -0.3 is 15.1 Å². The maximum atomic E-state index is 12.6. The first-order chi connectivity index (χ1) is 10.5.